The van der Waals surface area contributed by atoms with E-state index in [1.54, 1.807) is 4.90 Å². The monoisotopic (exact) mass is 317 g/mol. The number of aliphatic hydroxyl groups is 2. The number of hydrogen-bond donors (Lipinski definition) is 2. The van der Waals surface area contributed by atoms with Crippen LogP contribution in [0, 0.1) is 0 Å². The number of amides is 1. The number of aliphatic hydroxyl groups excluding tert-OH is 2. The Kier molecular flexibility index (Phi) is 12.5. The van der Waals surface area contributed by atoms with E-state index in [4.69, 9.17) is 9.84 Å². The Hall–Kier alpha value is -0.650. The van der Waals surface area contributed by atoms with E-state index in [2.05, 4.69) is 6.92 Å². The average molecular weight is 317 g/mol. The molecule has 0 saturated heterocycles. The molecule has 5 heteroatoms. The molecule has 0 aromatic carbocycles. The van der Waals surface area contributed by atoms with Crippen LogP contribution in [0.4, 0.5) is 0 Å². The van der Waals surface area contributed by atoms with Crippen LogP contribution in [0.25, 0.3) is 0 Å². The maximum atomic E-state index is 12.6. The molecular weight excluding hydrogens is 282 g/mol. The lowest BCUT2D eigenvalue weighted by Crippen LogP contribution is -2.44. The summed E-state index contributed by atoms with van der Waals surface area (Å²) in [5.74, 6) is -0.00918. The van der Waals surface area contributed by atoms with E-state index >= 15 is 0 Å². The molecule has 22 heavy (non-hydrogen) atoms. The second-order valence-corrected chi connectivity index (χ2v) is 5.68. The molecule has 0 aliphatic rings. The third-order valence-corrected chi connectivity index (χ3v) is 4.03. The van der Waals surface area contributed by atoms with Gasteiger partial charge in [-0.15, -0.1) is 0 Å². The highest BCUT2D eigenvalue weighted by atomic mass is 16.5. The first kappa shape index (κ1) is 21.4. The molecule has 0 fully saturated rings. The second-order valence-electron chi connectivity index (χ2n) is 5.68. The first-order valence-corrected chi connectivity index (χ1v) is 8.78. The predicted molar refractivity (Wildman–Crippen MR) is 88.7 cm³/mol. The van der Waals surface area contributed by atoms with Crippen molar-refractivity contribution in [2.24, 2.45) is 0 Å². The van der Waals surface area contributed by atoms with Gasteiger partial charge in [0.05, 0.1) is 12.7 Å². The Morgan fingerprint density at radius 3 is 2.18 bits per heavy atom. The van der Waals surface area contributed by atoms with Crippen molar-refractivity contribution in [3.05, 3.63) is 0 Å². The Bertz CT molecular complexity index is 282. The van der Waals surface area contributed by atoms with Gasteiger partial charge in [0.15, 0.2) is 0 Å². The normalized spacial score (nSPS) is 15.4. The molecule has 0 unspecified atom stereocenters. The first-order chi connectivity index (χ1) is 10.5. The van der Waals surface area contributed by atoms with Gasteiger partial charge in [-0.1, -0.05) is 39.5 Å². The molecule has 1 amide bonds. The molecule has 0 bridgehead atoms. The van der Waals surface area contributed by atoms with Crippen LogP contribution >= 0.6 is 0 Å². The maximum Gasteiger partial charge on any atom is 0.251 e. The van der Waals surface area contributed by atoms with Gasteiger partial charge in [-0.25, -0.2) is 0 Å². The van der Waals surface area contributed by atoms with Crippen LogP contribution in [0.3, 0.4) is 0 Å². The molecule has 0 radical (unpaired) electrons. The fraction of sp³-hybridized carbons (Fsp3) is 0.941. The third-order valence-electron chi connectivity index (χ3n) is 4.03. The van der Waals surface area contributed by atoms with E-state index in [0.717, 1.165) is 25.7 Å². The summed E-state index contributed by atoms with van der Waals surface area (Å²) in [6.07, 6.45) is 3.61. The van der Waals surface area contributed by atoms with Crippen LogP contribution in [0.5, 0.6) is 0 Å². The Morgan fingerprint density at radius 1 is 1.09 bits per heavy atom. The number of ether oxygens (including phenoxy) is 1. The molecule has 3 atom stereocenters. The molecular formula is C17H35NO4. The summed E-state index contributed by atoms with van der Waals surface area (Å²) in [4.78, 5) is 14.4. The highest BCUT2D eigenvalue weighted by Gasteiger charge is 2.28. The summed E-state index contributed by atoms with van der Waals surface area (Å²) >= 11 is 0. The zero-order chi connectivity index (χ0) is 17.0. The fourth-order valence-electron chi connectivity index (χ4n) is 2.53. The number of carbonyl (C=O) groups is 1. The Morgan fingerprint density at radius 2 is 1.73 bits per heavy atom. The standard InChI is InChI=1S/C17H35NO4/c1-5-9-10-11-12-16(17(21)18(7-3)8-4)22-15(6-2)14(20)13-19/h14-16,19-20H,5-13H2,1-4H3/t14-,15-,16+/m1/s1. The van der Waals surface area contributed by atoms with Crippen LogP contribution < -0.4 is 0 Å². The van der Waals surface area contributed by atoms with E-state index < -0.39 is 18.3 Å². The largest absolute Gasteiger partial charge is 0.394 e. The van der Waals surface area contributed by atoms with E-state index in [9.17, 15) is 9.90 Å². The van der Waals surface area contributed by atoms with E-state index in [0.29, 0.717) is 25.9 Å². The topological polar surface area (TPSA) is 70.0 Å². The average Bonchev–Trinajstić information content (AvgIpc) is 2.54. The molecule has 0 heterocycles. The van der Waals surface area contributed by atoms with E-state index in [1.807, 2.05) is 20.8 Å². The van der Waals surface area contributed by atoms with Crippen molar-refractivity contribution in [2.75, 3.05) is 19.7 Å². The zero-order valence-corrected chi connectivity index (χ0v) is 14.8. The minimum absolute atomic E-state index is 0.00918. The van der Waals surface area contributed by atoms with Gasteiger partial charge in [-0.3, -0.25) is 4.79 Å². The van der Waals surface area contributed by atoms with Crippen molar-refractivity contribution in [3.8, 4) is 0 Å². The molecule has 0 saturated carbocycles. The van der Waals surface area contributed by atoms with Crippen molar-refractivity contribution >= 4 is 5.91 Å². The molecule has 0 aliphatic heterocycles. The summed E-state index contributed by atoms with van der Waals surface area (Å²) in [6, 6.07) is 0. The van der Waals surface area contributed by atoms with E-state index in [1.165, 1.54) is 0 Å². The summed E-state index contributed by atoms with van der Waals surface area (Å²) in [6.45, 7) is 8.91. The third kappa shape index (κ3) is 7.56. The van der Waals surface area contributed by atoms with Gasteiger partial charge in [-0.2, -0.15) is 0 Å². The lowest BCUT2D eigenvalue weighted by Gasteiger charge is -2.30. The minimum Gasteiger partial charge on any atom is -0.394 e. The number of rotatable bonds is 13. The molecule has 2 N–H and O–H groups in total. The summed E-state index contributed by atoms with van der Waals surface area (Å²) in [5, 5.41) is 18.9. The number of unbranched alkanes of at least 4 members (excludes halogenated alkanes) is 3. The van der Waals surface area contributed by atoms with Crippen LogP contribution in [-0.4, -0.2) is 59.0 Å². The van der Waals surface area contributed by atoms with Gasteiger partial charge in [0, 0.05) is 13.1 Å². The molecule has 0 aromatic rings. The van der Waals surface area contributed by atoms with Gasteiger partial charge in [0.2, 0.25) is 0 Å². The van der Waals surface area contributed by atoms with Gasteiger partial charge in [-0.05, 0) is 26.7 Å². The fourth-order valence-corrected chi connectivity index (χ4v) is 2.53. The molecule has 0 aromatic heterocycles. The van der Waals surface area contributed by atoms with Crippen LogP contribution in [0.1, 0.15) is 66.2 Å². The lowest BCUT2D eigenvalue weighted by molar-refractivity contribution is -0.155. The summed E-state index contributed by atoms with van der Waals surface area (Å²) < 4.78 is 5.88. The van der Waals surface area contributed by atoms with Gasteiger partial charge in [0.25, 0.3) is 5.91 Å². The van der Waals surface area contributed by atoms with Gasteiger partial charge >= 0.3 is 0 Å². The van der Waals surface area contributed by atoms with Crippen LogP contribution in [-0.2, 0) is 9.53 Å². The maximum absolute atomic E-state index is 12.6. The van der Waals surface area contributed by atoms with Crippen LogP contribution in [0.15, 0.2) is 0 Å². The Labute approximate surface area is 135 Å². The smallest absolute Gasteiger partial charge is 0.251 e. The van der Waals surface area contributed by atoms with Crippen molar-refractivity contribution in [3.63, 3.8) is 0 Å². The Balaban J connectivity index is 4.78. The quantitative estimate of drug-likeness (QED) is 0.512. The summed E-state index contributed by atoms with van der Waals surface area (Å²) in [7, 11) is 0. The number of likely N-dealkylation sites (N-methyl/N-ethyl adjacent to an activating group) is 1. The highest BCUT2D eigenvalue weighted by Crippen LogP contribution is 2.16. The zero-order valence-electron chi connectivity index (χ0n) is 14.8. The minimum atomic E-state index is -0.937. The number of nitrogens with zero attached hydrogens (tertiary/aromatic N) is 1. The van der Waals surface area contributed by atoms with Crippen molar-refractivity contribution in [2.45, 2.75) is 84.5 Å². The van der Waals surface area contributed by atoms with Crippen molar-refractivity contribution in [1.29, 1.82) is 0 Å². The molecule has 132 valence electrons. The number of carbonyl (C=O) groups excluding carboxylic acids is 1. The van der Waals surface area contributed by atoms with E-state index in [-0.39, 0.29) is 12.5 Å². The van der Waals surface area contributed by atoms with Gasteiger partial charge < -0.3 is 19.8 Å². The predicted octanol–water partition coefficient (Wildman–Crippen LogP) is 2.34. The highest BCUT2D eigenvalue weighted by molar-refractivity contribution is 5.80. The number of hydrogen-bond acceptors (Lipinski definition) is 4. The van der Waals surface area contributed by atoms with Crippen molar-refractivity contribution < 1.29 is 19.7 Å². The molecule has 0 spiro atoms. The SMILES string of the molecule is CCCCCC[C@H](O[C@H](CC)[C@H](O)CO)C(=O)N(CC)CC. The summed E-state index contributed by atoms with van der Waals surface area (Å²) in [5.41, 5.74) is 0. The lowest BCUT2D eigenvalue weighted by atomic mass is 10.1. The molecule has 0 rings (SSSR count). The van der Waals surface area contributed by atoms with Crippen molar-refractivity contribution in [1.82, 2.24) is 4.90 Å². The molecule has 0 aliphatic carbocycles. The van der Waals surface area contributed by atoms with Gasteiger partial charge in [0.1, 0.15) is 12.2 Å². The van der Waals surface area contributed by atoms with Crippen LogP contribution in [0.2, 0.25) is 0 Å². The molecule has 5 nitrogen and oxygen atoms in total. The second kappa shape index (κ2) is 12.9. The first-order valence-electron chi connectivity index (χ1n) is 8.78.